The lowest BCUT2D eigenvalue weighted by Gasteiger charge is -2.02. The summed E-state index contributed by atoms with van der Waals surface area (Å²) in [7, 11) is 0. The predicted octanol–water partition coefficient (Wildman–Crippen LogP) is 2.11. The van der Waals surface area contributed by atoms with Crippen molar-refractivity contribution in [2.75, 3.05) is 0 Å². The fourth-order valence-corrected chi connectivity index (χ4v) is 0.898. The minimum absolute atomic E-state index is 0.187. The molecule has 54 valence electrons. The molecule has 0 aromatic carbocycles. The van der Waals surface area contributed by atoms with E-state index in [1.807, 2.05) is 6.92 Å². The van der Waals surface area contributed by atoms with Crippen LogP contribution in [-0.2, 0) is 0 Å². The molecule has 0 aliphatic rings. The maximum Gasteiger partial charge on any atom is 0.0549 e. The molecule has 0 bridgehead atoms. The molecule has 0 saturated carbocycles. The fraction of sp³-hybridized carbons (Fsp3) is 0.750. The van der Waals surface area contributed by atoms with Crippen molar-refractivity contribution in [3.05, 3.63) is 11.6 Å². The summed E-state index contributed by atoms with van der Waals surface area (Å²) in [4.78, 5) is 0. The number of allylic oxidation sites excluding steroid dienone is 1. The first-order valence-electron chi connectivity index (χ1n) is 3.50. The number of hydrogen-bond acceptors (Lipinski definition) is 1. The average Bonchev–Trinajstić information content (AvgIpc) is 1.63. The third-order valence-electron chi connectivity index (χ3n) is 1.17. The SMILES string of the molecule is CC/C=C(/C)C[C@H](C)O. The summed E-state index contributed by atoms with van der Waals surface area (Å²) in [5.41, 5.74) is 1.28. The van der Waals surface area contributed by atoms with Crippen molar-refractivity contribution in [1.82, 2.24) is 0 Å². The largest absolute Gasteiger partial charge is 0.393 e. The summed E-state index contributed by atoms with van der Waals surface area (Å²) in [6, 6.07) is 0. The first-order valence-corrected chi connectivity index (χ1v) is 3.50. The highest BCUT2D eigenvalue weighted by molar-refractivity contribution is 4.98. The van der Waals surface area contributed by atoms with E-state index in [-0.39, 0.29) is 6.10 Å². The molecule has 0 aromatic rings. The highest BCUT2D eigenvalue weighted by atomic mass is 16.3. The Morgan fingerprint density at radius 1 is 1.67 bits per heavy atom. The molecule has 0 fully saturated rings. The molecule has 0 aromatic heterocycles. The highest BCUT2D eigenvalue weighted by Gasteiger charge is 1.94. The summed E-state index contributed by atoms with van der Waals surface area (Å²) in [5, 5.41) is 8.91. The van der Waals surface area contributed by atoms with E-state index in [0.717, 1.165) is 12.8 Å². The molecule has 0 radical (unpaired) electrons. The lowest BCUT2D eigenvalue weighted by atomic mass is 10.1. The Hall–Kier alpha value is -0.300. The molecule has 0 amide bonds. The second-order valence-electron chi connectivity index (χ2n) is 2.51. The van der Waals surface area contributed by atoms with Crippen molar-refractivity contribution in [3.63, 3.8) is 0 Å². The summed E-state index contributed by atoms with van der Waals surface area (Å²) in [6.07, 6.45) is 3.84. The van der Waals surface area contributed by atoms with Crippen molar-refractivity contribution in [3.8, 4) is 0 Å². The average molecular weight is 128 g/mol. The van der Waals surface area contributed by atoms with Crippen LogP contribution in [0.3, 0.4) is 0 Å². The quantitative estimate of drug-likeness (QED) is 0.577. The number of hydrogen-bond donors (Lipinski definition) is 1. The molecule has 0 unspecified atom stereocenters. The van der Waals surface area contributed by atoms with E-state index in [2.05, 4.69) is 19.9 Å². The van der Waals surface area contributed by atoms with Crippen LogP contribution >= 0.6 is 0 Å². The number of rotatable bonds is 3. The van der Waals surface area contributed by atoms with Gasteiger partial charge in [0, 0.05) is 0 Å². The van der Waals surface area contributed by atoms with E-state index >= 15 is 0 Å². The second kappa shape index (κ2) is 4.57. The van der Waals surface area contributed by atoms with Crippen LogP contribution in [-0.4, -0.2) is 11.2 Å². The monoisotopic (exact) mass is 128 g/mol. The molecule has 0 saturated heterocycles. The van der Waals surface area contributed by atoms with Gasteiger partial charge < -0.3 is 5.11 Å². The third-order valence-corrected chi connectivity index (χ3v) is 1.17. The Balaban J connectivity index is 3.49. The molecule has 1 nitrogen and oxygen atoms in total. The Morgan fingerprint density at radius 2 is 2.22 bits per heavy atom. The predicted molar refractivity (Wildman–Crippen MR) is 40.3 cm³/mol. The van der Waals surface area contributed by atoms with Crippen LogP contribution in [0.4, 0.5) is 0 Å². The van der Waals surface area contributed by atoms with Crippen molar-refractivity contribution in [2.45, 2.75) is 39.7 Å². The summed E-state index contributed by atoms with van der Waals surface area (Å²) < 4.78 is 0. The maximum absolute atomic E-state index is 8.91. The number of aliphatic hydroxyl groups is 1. The minimum atomic E-state index is -0.187. The van der Waals surface area contributed by atoms with Gasteiger partial charge in [0.25, 0.3) is 0 Å². The maximum atomic E-state index is 8.91. The van der Waals surface area contributed by atoms with Gasteiger partial charge in [-0.1, -0.05) is 18.6 Å². The van der Waals surface area contributed by atoms with E-state index in [1.54, 1.807) is 0 Å². The van der Waals surface area contributed by atoms with Crippen LogP contribution in [0.1, 0.15) is 33.6 Å². The molecular formula is C8H16O. The normalized spacial score (nSPS) is 15.8. The summed E-state index contributed by atoms with van der Waals surface area (Å²) in [5.74, 6) is 0. The van der Waals surface area contributed by atoms with Gasteiger partial charge in [-0.15, -0.1) is 0 Å². The molecule has 1 N–H and O–H groups in total. The molecule has 1 heteroatoms. The van der Waals surface area contributed by atoms with Crippen molar-refractivity contribution >= 4 is 0 Å². The minimum Gasteiger partial charge on any atom is -0.393 e. The molecule has 9 heavy (non-hydrogen) atoms. The standard InChI is InChI=1S/C8H16O/c1-4-5-7(2)6-8(3)9/h5,8-9H,4,6H2,1-3H3/b7-5-/t8-/m0/s1. The molecule has 0 aliphatic heterocycles. The first kappa shape index (κ1) is 8.70. The van der Waals surface area contributed by atoms with Gasteiger partial charge in [0.05, 0.1) is 6.10 Å². The summed E-state index contributed by atoms with van der Waals surface area (Å²) in [6.45, 7) is 5.97. The van der Waals surface area contributed by atoms with Gasteiger partial charge in [-0.2, -0.15) is 0 Å². The van der Waals surface area contributed by atoms with E-state index in [9.17, 15) is 0 Å². The van der Waals surface area contributed by atoms with Gasteiger partial charge in [-0.05, 0) is 26.7 Å². The Morgan fingerprint density at radius 3 is 2.56 bits per heavy atom. The van der Waals surface area contributed by atoms with Gasteiger partial charge in [0.1, 0.15) is 0 Å². The van der Waals surface area contributed by atoms with Crippen LogP contribution < -0.4 is 0 Å². The molecule has 0 aliphatic carbocycles. The Bertz CT molecular complexity index is 92.7. The van der Waals surface area contributed by atoms with Gasteiger partial charge in [-0.25, -0.2) is 0 Å². The zero-order chi connectivity index (χ0) is 7.28. The lowest BCUT2D eigenvalue weighted by molar-refractivity contribution is 0.195. The second-order valence-corrected chi connectivity index (χ2v) is 2.51. The first-order chi connectivity index (χ1) is 4.16. The molecule has 0 spiro atoms. The zero-order valence-corrected chi connectivity index (χ0v) is 6.52. The zero-order valence-electron chi connectivity index (χ0n) is 6.52. The number of aliphatic hydroxyl groups excluding tert-OH is 1. The van der Waals surface area contributed by atoms with Crippen LogP contribution in [0, 0.1) is 0 Å². The van der Waals surface area contributed by atoms with E-state index in [0.29, 0.717) is 0 Å². The lowest BCUT2D eigenvalue weighted by Crippen LogP contribution is -1.98. The highest BCUT2D eigenvalue weighted by Crippen LogP contribution is 2.04. The van der Waals surface area contributed by atoms with E-state index in [4.69, 9.17) is 5.11 Å². The van der Waals surface area contributed by atoms with Crippen LogP contribution in [0.5, 0.6) is 0 Å². The molecule has 0 rings (SSSR count). The van der Waals surface area contributed by atoms with Crippen LogP contribution in [0.2, 0.25) is 0 Å². The molecular weight excluding hydrogens is 112 g/mol. The van der Waals surface area contributed by atoms with Crippen LogP contribution in [0.15, 0.2) is 11.6 Å². The summed E-state index contributed by atoms with van der Waals surface area (Å²) >= 11 is 0. The van der Waals surface area contributed by atoms with Gasteiger partial charge in [0.2, 0.25) is 0 Å². The Labute approximate surface area is 57.4 Å². The third kappa shape index (κ3) is 5.57. The van der Waals surface area contributed by atoms with Gasteiger partial charge >= 0.3 is 0 Å². The smallest absolute Gasteiger partial charge is 0.0549 e. The van der Waals surface area contributed by atoms with Crippen molar-refractivity contribution in [2.24, 2.45) is 0 Å². The molecule has 0 heterocycles. The van der Waals surface area contributed by atoms with E-state index < -0.39 is 0 Å². The van der Waals surface area contributed by atoms with E-state index in [1.165, 1.54) is 5.57 Å². The van der Waals surface area contributed by atoms with Crippen molar-refractivity contribution < 1.29 is 5.11 Å². The van der Waals surface area contributed by atoms with Crippen LogP contribution in [0.25, 0.3) is 0 Å². The molecule has 1 atom stereocenters. The fourth-order valence-electron chi connectivity index (χ4n) is 0.898. The Kier molecular flexibility index (Phi) is 4.41. The topological polar surface area (TPSA) is 20.2 Å². The van der Waals surface area contributed by atoms with Gasteiger partial charge in [-0.3, -0.25) is 0 Å². The van der Waals surface area contributed by atoms with Crippen molar-refractivity contribution in [1.29, 1.82) is 0 Å². The van der Waals surface area contributed by atoms with Gasteiger partial charge in [0.15, 0.2) is 0 Å².